The summed E-state index contributed by atoms with van der Waals surface area (Å²) < 4.78 is 11.7. The zero-order chi connectivity index (χ0) is 21.2. The van der Waals surface area contributed by atoms with E-state index in [0.717, 1.165) is 36.4 Å². The second-order valence-electron chi connectivity index (χ2n) is 7.17. The molecule has 0 aromatic heterocycles. The van der Waals surface area contributed by atoms with Gasteiger partial charge in [0.25, 0.3) is 0 Å². The first-order valence-electron chi connectivity index (χ1n) is 10.2. The van der Waals surface area contributed by atoms with E-state index in [1.807, 2.05) is 36.4 Å². The molecule has 0 aliphatic heterocycles. The van der Waals surface area contributed by atoms with Gasteiger partial charge in [0.05, 0.1) is 13.2 Å². The molecule has 0 aliphatic carbocycles. The number of nitrogens with one attached hydrogen (secondary N) is 1. The molecule has 4 nitrogen and oxygen atoms in total. The third-order valence-electron chi connectivity index (χ3n) is 4.67. The lowest BCUT2D eigenvalue weighted by atomic mass is 10.0. The number of aryl methyl sites for hydroxylation is 1. The Morgan fingerprint density at radius 1 is 0.800 bits per heavy atom. The third-order valence-corrected chi connectivity index (χ3v) is 4.77. The number of unbranched alkanes of at least 4 members (excludes halogenated alkanes) is 2. The largest absolute Gasteiger partial charge is 0.494 e. The molecule has 0 saturated heterocycles. The van der Waals surface area contributed by atoms with Crippen molar-refractivity contribution in [2.24, 2.45) is 5.73 Å². The van der Waals surface area contributed by atoms with E-state index in [2.05, 4.69) is 48.6 Å². The number of hydrogen-bond acceptors (Lipinski definition) is 3. The molecule has 0 aliphatic rings. The lowest BCUT2D eigenvalue weighted by Gasteiger charge is -2.10. The maximum Gasteiger partial charge on any atom is 0.168 e. The fraction of sp³-hybridized carbons (Fsp3) is 0.240. The van der Waals surface area contributed by atoms with Crippen LogP contribution in [0, 0.1) is 6.92 Å². The second kappa shape index (κ2) is 11.2. The van der Waals surface area contributed by atoms with Gasteiger partial charge in [0, 0.05) is 11.8 Å². The summed E-state index contributed by atoms with van der Waals surface area (Å²) in [5.41, 5.74) is 10.0. The zero-order valence-electron chi connectivity index (χ0n) is 17.3. The highest BCUT2D eigenvalue weighted by atomic mass is 32.1. The monoisotopic (exact) mass is 420 g/mol. The Morgan fingerprint density at radius 2 is 1.40 bits per heavy atom. The summed E-state index contributed by atoms with van der Waals surface area (Å²) in [5, 5.41) is 3.15. The van der Waals surface area contributed by atoms with Crippen LogP contribution in [0.4, 0.5) is 5.69 Å². The molecule has 0 saturated carbocycles. The molecule has 3 N–H and O–H groups in total. The van der Waals surface area contributed by atoms with Gasteiger partial charge in [-0.25, -0.2) is 0 Å². The Hall–Kier alpha value is -3.05. The molecule has 3 rings (SSSR count). The summed E-state index contributed by atoms with van der Waals surface area (Å²) in [7, 11) is 0. The topological polar surface area (TPSA) is 56.5 Å². The molecule has 0 spiro atoms. The molecule has 30 heavy (non-hydrogen) atoms. The molecule has 3 aromatic carbocycles. The quantitative estimate of drug-likeness (QED) is 0.314. The van der Waals surface area contributed by atoms with E-state index in [0.29, 0.717) is 13.2 Å². The van der Waals surface area contributed by atoms with E-state index in [4.69, 9.17) is 27.4 Å². The van der Waals surface area contributed by atoms with E-state index in [1.165, 1.54) is 16.7 Å². The van der Waals surface area contributed by atoms with E-state index in [9.17, 15) is 0 Å². The van der Waals surface area contributed by atoms with E-state index < -0.39 is 0 Å². The van der Waals surface area contributed by atoms with Crippen LogP contribution in [-0.4, -0.2) is 18.3 Å². The van der Waals surface area contributed by atoms with Crippen molar-refractivity contribution in [1.82, 2.24) is 0 Å². The van der Waals surface area contributed by atoms with Gasteiger partial charge in [-0.1, -0.05) is 48.0 Å². The molecular formula is C25H28N2O2S. The smallest absolute Gasteiger partial charge is 0.168 e. The molecule has 0 amide bonds. The first kappa shape index (κ1) is 21.7. The molecule has 0 unspecified atom stereocenters. The molecule has 5 heteroatoms. The van der Waals surface area contributed by atoms with Gasteiger partial charge in [-0.05, 0) is 73.8 Å². The number of anilines is 1. The fourth-order valence-electron chi connectivity index (χ4n) is 3.06. The van der Waals surface area contributed by atoms with Crippen LogP contribution >= 0.6 is 12.2 Å². The van der Waals surface area contributed by atoms with Crippen LogP contribution in [0.3, 0.4) is 0 Å². The summed E-state index contributed by atoms with van der Waals surface area (Å²) in [6.07, 6.45) is 3.01. The zero-order valence-corrected chi connectivity index (χ0v) is 18.1. The third kappa shape index (κ3) is 7.08. The van der Waals surface area contributed by atoms with Crippen LogP contribution in [0.2, 0.25) is 0 Å². The van der Waals surface area contributed by atoms with Gasteiger partial charge in [0.2, 0.25) is 0 Å². The highest BCUT2D eigenvalue weighted by molar-refractivity contribution is 7.80. The van der Waals surface area contributed by atoms with Gasteiger partial charge in [0.15, 0.2) is 5.11 Å². The van der Waals surface area contributed by atoms with Crippen LogP contribution in [0.15, 0.2) is 72.8 Å². The van der Waals surface area contributed by atoms with Crippen LogP contribution in [0.5, 0.6) is 11.5 Å². The van der Waals surface area contributed by atoms with Crippen molar-refractivity contribution in [3.05, 3.63) is 78.4 Å². The van der Waals surface area contributed by atoms with Crippen molar-refractivity contribution < 1.29 is 9.47 Å². The van der Waals surface area contributed by atoms with E-state index in [1.54, 1.807) is 0 Å². The van der Waals surface area contributed by atoms with Gasteiger partial charge in [-0.15, -0.1) is 0 Å². The number of rotatable bonds is 10. The van der Waals surface area contributed by atoms with Gasteiger partial charge in [-0.2, -0.15) is 0 Å². The minimum Gasteiger partial charge on any atom is -0.494 e. The van der Waals surface area contributed by atoms with Gasteiger partial charge in [-0.3, -0.25) is 0 Å². The van der Waals surface area contributed by atoms with Crippen LogP contribution in [-0.2, 0) is 0 Å². The molecule has 0 atom stereocenters. The average molecular weight is 421 g/mol. The number of nitrogens with two attached hydrogens (primary N) is 1. The fourth-order valence-corrected chi connectivity index (χ4v) is 3.17. The lowest BCUT2D eigenvalue weighted by Crippen LogP contribution is -2.18. The van der Waals surface area contributed by atoms with Gasteiger partial charge in [0.1, 0.15) is 11.5 Å². The molecule has 3 aromatic rings. The first-order valence-corrected chi connectivity index (χ1v) is 10.6. The van der Waals surface area contributed by atoms with Gasteiger partial charge >= 0.3 is 0 Å². The van der Waals surface area contributed by atoms with Crippen molar-refractivity contribution in [2.45, 2.75) is 26.2 Å². The molecule has 0 heterocycles. The van der Waals surface area contributed by atoms with E-state index >= 15 is 0 Å². The van der Waals surface area contributed by atoms with Crippen LogP contribution in [0.25, 0.3) is 11.1 Å². The predicted octanol–water partition coefficient (Wildman–Crippen LogP) is 5.95. The minimum atomic E-state index is 0.247. The molecule has 156 valence electrons. The van der Waals surface area contributed by atoms with E-state index in [-0.39, 0.29) is 5.11 Å². The van der Waals surface area contributed by atoms with Crippen molar-refractivity contribution in [2.75, 3.05) is 18.5 Å². The maximum absolute atomic E-state index is 5.86. The minimum absolute atomic E-state index is 0.247. The molecule has 0 bridgehead atoms. The van der Waals surface area contributed by atoms with Crippen molar-refractivity contribution >= 4 is 23.0 Å². The summed E-state index contributed by atoms with van der Waals surface area (Å²) in [5.74, 6) is 1.71. The second-order valence-corrected chi connectivity index (χ2v) is 7.60. The van der Waals surface area contributed by atoms with Crippen molar-refractivity contribution in [3.63, 3.8) is 0 Å². The molecule has 0 fully saturated rings. The number of hydrogen-bond donors (Lipinski definition) is 2. The van der Waals surface area contributed by atoms with Crippen molar-refractivity contribution in [3.8, 4) is 22.6 Å². The summed E-state index contributed by atoms with van der Waals surface area (Å²) in [4.78, 5) is 0. The SMILES string of the molecule is Cc1ccc(-c2ccc(OCCCCCOc3cccc(NC(N)=S)c3)cc2)cc1. The Morgan fingerprint density at radius 3 is 2.03 bits per heavy atom. The Bertz CT molecular complexity index is 940. The summed E-state index contributed by atoms with van der Waals surface area (Å²) in [6, 6.07) is 24.5. The first-order chi connectivity index (χ1) is 14.6. The van der Waals surface area contributed by atoms with Gasteiger partial charge < -0.3 is 20.5 Å². The van der Waals surface area contributed by atoms with Crippen molar-refractivity contribution in [1.29, 1.82) is 0 Å². The highest BCUT2D eigenvalue weighted by Gasteiger charge is 2.00. The van der Waals surface area contributed by atoms with Crippen LogP contribution in [0.1, 0.15) is 24.8 Å². The standard InChI is InChI=1S/C25H28N2O2S/c1-19-8-10-20(11-9-19)21-12-14-23(15-13-21)28-16-3-2-4-17-29-24-7-5-6-22(18-24)27-25(26)30/h5-15,18H,2-4,16-17H2,1H3,(H3,26,27,30). The maximum atomic E-state index is 5.86. The highest BCUT2D eigenvalue weighted by Crippen LogP contribution is 2.23. The number of benzene rings is 3. The summed E-state index contributed by atoms with van der Waals surface area (Å²) >= 11 is 4.85. The molecular weight excluding hydrogens is 392 g/mol. The Balaban J connectivity index is 1.32. The Kier molecular flexibility index (Phi) is 8.10. The predicted molar refractivity (Wildman–Crippen MR) is 128 cm³/mol. The molecule has 0 radical (unpaired) electrons. The normalized spacial score (nSPS) is 10.4. The lowest BCUT2D eigenvalue weighted by molar-refractivity contribution is 0.279. The number of ether oxygens (including phenoxy) is 2. The average Bonchev–Trinajstić information content (AvgIpc) is 2.74. The number of thiocarbonyl (C=S) groups is 1. The summed E-state index contributed by atoms with van der Waals surface area (Å²) in [6.45, 7) is 3.47. The Labute approximate surface area is 184 Å². The van der Waals surface area contributed by atoms with Crippen LogP contribution < -0.4 is 20.5 Å².